The molecule has 6 nitrogen and oxygen atoms in total. The third-order valence-corrected chi connectivity index (χ3v) is 2.99. The Balaban J connectivity index is 2.53. The van der Waals surface area contributed by atoms with Gasteiger partial charge in [-0.1, -0.05) is 0 Å². The Kier molecular flexibility index (Phi) is 4.14. The summed E-state index contributed by atoms with van der Waals surface area (Å²) in [7, 11) is 1.85. The van der Waals surface area contributed by atoms with Gasteiger partial charge in [0.05, 0.1) is 10.3 Å². The van der Waals surface area contributed by atoms with E-state index >= 15 is 0 Å². The Hall–Kier alpha value is -2.21. The van der Waals surface area contributed by atoms with E-state index < -0.39 is 4.92 Å². The summed E-state index contributed by atoms with van der Waals surface area (Å²) in [5, 5.41) is 15.3. The number of aromatic nitrogens is 1. The third-order valence-electron chi connectivity index (χ3n) is 2.99. The second-order valence-electron chi connectivity index (χ2n) is 4.70. The van der Waals surface area contributed by atoms with Crippen molar-refractivity contribution in [3.63, 3.8) is 0 Å². The summed E-state index contributed by atoms with van der Waals surface area (Å²) in [6.07, 6.45) is 1.50. The van der Waals surface area contributed by atoms with Crippen molar-refractivity contribution >= 4 is 16.5 Å². The molecule has 6 heteroatoms. The molecule has 1 aromatic carbocycles. The molecule has 0 aliphatic carbocycles. The van der Waals surface area contributed by atoms with E-state index in [1.54, 1.807) is 6.07 Å². The van der Waals surface area contributed by atoms with Crippen molar-refractivity contribution in [1.82, 2.24) is 10.3 Å². The van der Waals surface area contributed by atoms with Crippen molar-refractivity contribution in [2.75, 3.05) is 13.6 Å². The average molecular weight is 275 g/mol. The summed E-state index contributed by atoms with van der Waals surface area (Å²) in [5.74, 6) is 0.638. The first-order chi connectivity index (χ1) is 9.52. The zero-order valence-corrected chi connectivity index (χ0v) is 11.7. The van der Waals surface area contributed by atoms with Crippen LogP contribution in [0.4, 0.5) is 5.69 Å². The Morgan fingerprint density at radius 3 is 2.85 bits per heavy atom. The molecule has 2 aromatic rings. The van der Waals surface area contributed by atoms with E-state index in [4.69, 9.17) is 4.74 Å². The Morgan fingerprint density at radius 1 is 1.45 bits per heavy atom. The number of nitro benzene ring substituents is 1. The van der Waals surface area contributed by atoms with Gasteiger partial charge in [0.2, 0.25) is 0 Å². The van der Waals surface area contributed by atoms with Crippen LogP contribution in [0.1, 0.15) is 12.6 Å². The predicted octanol–water partition coefficient (Wildman–Crippen LogP) is 2.44. The van der Waals surface area contributed by atoms with Gasteiger partial charge < -0.3 is 10.1 Å². The molecule has 1 heterocycles. The first-order valence-electron chi connectivity index (χ1n) is 6.38. The molecule has 2 rings (SSSR count). The standard InChI is InChI=1S/C14H17N3O3/c1-9-6-11-12(8-16-9)13(17(18)19)4-5-14(11)20-10(2)7-15-3/h4-6,8,10,15H,7H2,1-3H3. The monoisotopic (exact) mass is 275 g/mol. The summed E-state index contributed by atoms with van der Waals surface area (Å²) >= 11 is 0. The van der Waals surface area contributed by atoms with Crippen molar-refractivity contribution < 1.29 is 9.66 Å². The molecule has 0 amide bonds. The Bertz CT molecular complexity index is 643. The molecule has 0 saturated heterocycles. The van der Waals surface area contributed by atoms with E-state index in [1.165, 1.54) is 12.3 Å². The van der Waals surface area contributed by atoms with Crippen LogP contribution in [0.25, 0.3) is 10.8 Å². The minimum atomic E-state index is -0.403. The van der Waals surface area contributed by atoms with Crippen LogP contribution in [0.3, 0.4) is 0 Å². The van der Waals surface area contributed by atoms with Crippen molar-refractivity contribution in [2.45, 2.75) is 20.0 Å². The normalized spacial score (nSPS) is 12.3. The molecule has 0 saturated carbocycles. The molecule has 1 N–H and O–H groups in total. The summed E-state index contributed by atoms with van der Waals surface area (Å²) in [4.78, 5) is 14.8. The van der Waals surface area contributed by atoms with E-state index in [2.05, 4.69) is 10.3 Å². The quantitative estimate of drug-likeness (QED) is 0.670. The second-order valence-corrected chi connectivity index (χ2v) is 4.70. The molecule has 1 atom stereocenters. The second kappa shape index (κ2) is 5.83. The Morgan fingerprint density at radius 2 is 2.20 bits per heavy atom. The van der Waals surface area contributed by atoms with Crippen LogP contribution >= 0.6 is 0 Å². The van der Waals surface area contributed by atoms with Gasteiger partial charge in [-0.2, -0.15) is 0 Å². The molecule has 1 aromatic heterocycles. The van der Waals surface area contributed by atoms with E-state index in [0.717, 1.165) is 11.1 Å². The van der Waals surface area contributed by atoms with E-state index in [1.807, 2.05) is 27.0 Å². The lowest BCUT2D eigenvalue weighted by atomic mass is 10.1. The fourth-order valence-corrected chi connectivity index (χ4v) is 2.11. The molecule has 0 spiro atoms. The summed E-state index contributed by atoms with van der Waals surface area (Å²) in [5.41, 5.74) is 0.838. The van der Waals surface area contributed by atoms with Gasteiger partial charge in [0.15, 0.2) is 0 Å². The highest BCUT2D eigenvalue weighted by Crippen LogP contribution is 2.33. The summed E-state index contributed by atoms with van der Waals surface area (Å²) < 4.78 is 5.84. The number of nitrogens with one attached hydrogen (secondary N) is 1. The third kappa shape index (κ3) is 2.85. The molecular weight excluding hydrogens is 258 g/mol. The van der Waals surface area contributed by atoms with Crippen LogP contribution in [0.15, 0.2) is 24.4 Å². The highest BCUT2D eigenvalue weighted by atomic mass is 16.6. The molecule has 0 aliphatic heterocycles. The van der Waals surface area contributed by atoms with Gasteiger partial charge in [-0.05, 0) is 33.0 Å². The van der Waals surface area contributed by atoms with E-state index in [0.29, 0.717) is 17.7 Å². The van der Waals surface area contributed by atoms with Gasteiger partial charge in [-0.3, -0.25) is 15.1 Å². The lowest BCUT2D eigenvalue weighted by Crippen LogP contribution is -2.26. The van der Waals surface area contributed by atoms with Crippen LogP contribution in [-0.2, 0) is 0 Å². The smallest absolute Gasteiger partial charge is 0.279 e. The van der Waals surface area contributed by atoms with Crippen LogP contribution < -0.4 is 10.1 Å². The fourth-order valence-electron chi connectivity index (χ4n) is 2.11. The van der Waals surface area contributed by atoms with E-state index in [9.17, 15) is 10.1 Å². The zero-order chi connectivity index (χ0) is 14.7. The number of aryl methyl sites for hydroxylation is 1. The molecular formula is C14H17N3O3. The number of nitrogens with zero attached hydrogens (tertiary/aromatic N) is 2. The molecule has 20 heavy (non-hydrogen) atoms. The van der Waals surface area contributed by atoms with Crippen molar-refractivity contribution in [3.8, 4) is 5.75 Å². The number of hydrogen-bond donors (Lipinski definition) is 1. The lowest BCUT2D eigenvalue weighted by molar-refractivity contribution is -0.383. The molecule has 0 aliphatic rings. The predicted molar refractivity (Wildman–Crippen MR) is 77.2 cm³/mol. The van der Waals surface area contributed by atoms with E-state index in [-0.39, 0.29) is 11.8 Å². The maximum Gasteiger partial charge on any atom is 0.279 e. The topological polar surface area (TPSA) is 77.3 Å². The number of non-ortho nitro benzene ring substituents is 1. The number of pyridine rings is 1. The molecule has 0 bridgehead atoms. The maximum absolute atomic E-state index is 11.1. The number of nitro groups is 1. The van der Waals surface area contributed by atoms with Crippen LogP contribution in [0, 0.1) is 17.0 Å². The number of fused-ring (bicyclic) bond motifs is 1. The van der Waals surface area contributed by atoms with Gasteiger partial charge in [-0.25, -0.2) is 0 Å². The number of ether oxygens (including phenoxy) is 1. The van der Waals surface area contributed by atoms with Gasteiger partial charge in [0, 0.05) is 29.9 Å². The molecule has 0 fully saturated rings. The zero-order valence-electron chi connectivity index (χ0n) is 11.7. The van der Waals surface area contributed by atoms with Gasteiger partial charge in [0.1, 0.15) is 11.9 Å². The molecule has 0 radical (unpaired) electrons. The first-order valence-corrected chi connectivity index (χ1v) is 6.38. The summed E-state index contributed by atoms with van der Waals surface area (Å²) in [6, 6.07) is 4.91. The minimum absolute atomic E-state index is 0.0295. The Labute approximate surface area is 116 Å². The number of hydrogen-bond acceptors (Lipinski definition) is 5. The van der Waals surface area contributed by atoms with Crippen LogP contribution in [0.2, 0.25) is 0 Å². The minimum Gasteiger partial charge on any atom is -0.489 e. The summed E-state index contributed by atoms with van der Waals surface area (Å²) in [6.45, 7) is 4.49. The van der Waals surface area contributed by atoms with Gasteiger partial charge in [0.25, 0.3) is 5.69 Å². The van der Waals surface area contributed by atoms with Crippen molar-refractivity contribution in [1.29, 1.82) is 0 Å². The maximum atomic E-state index is 11.1. The molecule has 106 valence electrons. The highest BCUT2D eigenvalue weighted by Gasteiger charge is 2.16. The number of likely N-dealkylation sites (N-methyl/N-ethyl adjacent to an activating group) is 1. The number of rotatable bonds is 5. The van der Waals surface area contributed by atoms with Crippen molar-refractivity contribution in [3.05, 3.63) is 40.2 Å². The lowest BCUT2D eigenvalue weighted by Gasteiger charge is -2.16. The van der Waals surface area contributed by atoms with Crippen LogP contribution in [0.5, 0.6) is 5.75 Å². The fraction of sp³-hybridized carbons (Fsp3) is 0.357. The van der Waals surface area contributed by atoms with Gasteiger partial charge >= 0.3 is 0 Å². The number of benzene rings is 1. The van der Waals surface area contributed by atoms with Crippen molar-refractivity contribution in [2.24, 2.45) is 0 Å². The van der Waals surface area contributed by atoms with Gasteiger partial charge in [-0.15, -0.1) is 0 Å². The largest absolute Gasteiger partial charge is 0.489 e. The SMILES string of the molecule is CNCC(C)Oc1ccc([N+](=O)[O-])c2cnc(C)cc12. The molecule has 1 unspecified atom stereocenters. The average Bonchev–Trinajstić information content (AvgIpc) is 2.39. The highest BCUT2D eigenvalue weighted by molar-refractivity contribution is 5.95. The van der Waals surface area contributed by atoms with Crippen LogP contribution in [-0.4, -0.2) is 29.6 Å². The first kappa shape index (κ1) is 14.2.